The van der Waals surface area contributed by atoms with E-state index >= 15 is 0 Å². The van der Waals surface area contributed by atoms with Gasteiger partial charge in [-0.2, -0.15) is 0 Å². The summed E-state index contributed by atoms with van der Waals surface area (Å²) in [5, 5.41) is 0.688. The van der Waals surface area contributed by atoms with Crippen LogP contribution in [0.3, 0.4) is 0 Å². The van der Waals surface area contributed by atoms with Gasteiger partial charge in [-0.05, 0) is 25.0 Å². The Balaban J connectivity index is 2.19. The third-order valence-corrected chi connectivity index (χ3v) is 4.05. The molecule has 2 rings (SSSR count). The number of hydrogen-bond acceptors (Lipinski definition) is 2. The molecule has 0 atom stereocenters. The van der Waals surface area contributed by atoms with Crippen molar-refractivity contribution in [2.45, 2.75) is 25.3 Å². The number of carbonyl (C=O) groups is 1. The lowest BCUT2D eigenvalue weighted by Gasteiger charge is -2.23. The minimum Gasteiger partial charge on any atom is -0.393 e. The van der Waals surface area contributed by atoms with Crippen molar-refractivity contribution in [3.63, 3.8) is 0 Å². The van der Waals surface area contributed by atoms with Gasteiger partial charge < -0.3 is 10.6 Å². The molecule has 102 valence electrons. The number of halogens is 2. The summed E-state index contributed by atoms with van der Waals surface area (Å²) in [5.74, 6) is -0.105. The Morgan fingerprint density at radius 3 is 2.68 bits per heavy atom. The lowest BCUT2D eigenvalue weighted by molar-refractivity contribution is 0.0748. The molecular formula is C13H14Cl2N2OS. The predicted molar refractivity (Wildman–Crippen MR) is 81.9 cm³/mol. The second-order valence-corrected chi connectivity index (χ2v) is 5.86. The molecule has 19 heavy (non-hydrogen) atoms. The first-order valence-corrected chi connectivity index (χ1v) is 7.20. The first-order chi connectivity index (χ1) is 9.00. The van der Waals surface area contributed by atoms with Gasteiger partial charge in [0.25, 0.3) is 5.91 Å². The lowest BCUT2D eigenvalue weighted by Crippen LogP contribution is -2.35. The van der Waals surface area contributed by atoms with Crippen molar-refractivity contribution in [2.24, 2.45) is 5.73 Å². The Labute approximate surface area is 127 Å². The number of amides is 1. The monoisotopic (exact) mass is 316 g/mol. The Bertz CT molecular complexity index is 517. The highest BCUT2D eigenvalue weighted by Gasteiger charge is 2.33. The van der Waals surface area contributed by atoms with Gasteiger partial charge in [-0.1, -0.05) is 41.5 Å². The zero-order valence-corrected chi connectivity index (χ0v) is 12.6. The van der Waals surface area contributed by atoms with E-state index in [0.717, 1.165) is 12.8 Å². The van der Waals surface area contributed by atoms with Crippen molar-refractivity contribution in [3.8, 4) is 0 Å². The number of carbonyl (C=O) groups excluding carboxylic acids is 1. The van der Waals surface area contributed by atoms with Gasteiger partial charge in [0.2, 0.25) is 0 Å². The highest BCUT2D eigenvalue weighted by atomic mass is 35.5. The fourth-order valence-electron chi connectivity index (χ4n) is 1.89. The summed E-state index contributed by atoms with van der Waals surface area (Å²) < 4.78 is 0. The average molecular weight is 317 g/mol. The van der Waals surface area contributed by atoms with E-state index < -0.39 is 0 Å². The van der Waals surface area contributed by atoms with Crippen LogP contribution in [0.25, 0.3) is 0 Å². The van der Waals surface area contributed by atoms with Gasteiger partial charge in [0.1, 0.15) is 0 Å². The molecule has 1 fully saturated rings. The molecule has 1 saturated carbocycles. The van der Waals surface area contributed by atoms with Crippen LogP contribution in [0.5, 0.6) is 0 Å². The zero-order valence-electron chi connectivity index (χ0n) is 10.2. The summed E-state index contributed by atoms with van der Waals surface area (Å²) in [7, 11) is 0. The molecule has 1 amide bonds. The highest BCUT2D eigenvalue weighted by molar-refractivity contribution is 7.80. The maximum atomic E-state index is 12.5. The molecular weight excluding hydrogens is 303 g/mol. The van der Waals surface area contributed by atoms with E-state index in [9.17, 15) is 4.79 Å². The standard InChI is InChI=1S/C13H14Cl2N2OS/c14-10-3-1-2-9(12(10)15)13(18)17(8-4-5-8)7-6-11(16)19/h1-3,8H,4-7H2,(H2,16,19). The number of nitrogens with two attached hydrogens (primary N) is 1. The summed E-state index contributed by atoms with van der Waals surface area (Å²) in [4.78, 5) is 14.7. The van der Waals surface area contributed by atoms with E-state index in [1.165, 1.54) is 0 Å². The molecule has 2 N–H and O–H groups in total. The van der Waals surface area contributed by atoms with Crippen LogP contribution in [0, 0.1) is 0 Å². The summed E-state index contributed by atoms with van der Waals surface area (Å²) in [6.45, 7) is 0.529. The Kier molecular flexibility index (Phi) is 4.66. The topological polar surface area (TPSA) is 46.3 Å². The molecule has 0 saturated heterocycles. The van der Waals surface area contributed by atoms with Crippen LogP contribution in [-0.2, 0) is 0 Å². The Hall–Kier alpha value is -0.840. The highest BCUT2D eigenvalue weighted by Crippen LogP contribution is 2.32. The first-order valence-electron chi connectivity index (χ1n) is 6.04. The number of benzene rings is 1. The van der Waals surface area contributed by atoms with E-state index in [1.807, 2.05) is 0 Å². The van der Waals surface area contributed by atoms with Gasteiger partial charge in [0.15, 0.2) is 0 Å². The van der Waals surface area contributed by atoms with Crippen molar-refractivity contribution in [2.75, 3.05) is 6.54 Å². The number of rotatable bonds is 5. The van der Waals surface area contributed by atoms with Gasteiger partial charge >= 0.3 is 0 Å². The van der Waals surface area contributed by atoms with Crippen molar-refractivity contribution in [1.29, 1.82) is 0 Å². The van der Waals surface area contributed by atoms with E-state index in [4.69, 9.17) is 41.2 Å². The normalized spacial score (nSPS) is 14.2. The van der Waals surface area contributed by atoms with Gasteiger partial charge in [-0.25, -0.2) is 0 Å². The molecule has 0 aromatic heterocycles. The van der Waals surface area contributed by atoms with Crippen LogP contribution in [0.2, 0.25) is 10.0 Å². The molecule has 1 aromatic rings. The van der Waals surface area contributed by atoms with E-state index in [1.54, 1.807) is 23.1 Å². The van der Waals surface area contributed by atoms with Crippen molar-refractivity contribution < 1.29 is 4.79 Å². The quantitative estimate of drug-likeness (QED) is 0.848. The smallest absolute Gasteiger partial charge is 0.255 e. The number of hydrogen-bond donors (Lipinski definition) is 1. The molecule has 1 aliphatic rings. The Morgan fingerprint density at radius 2 is 2.11 bits per heavy atom. The van der Waals surface area contributed by atoms with Crippen LogP contribution < -0.4 is 5.73 Å². The van der Waals surface area contributed by atoms with Crippen molar-refractivity contribution >= 4 is 46.3 Å². The molecule has 0 unspecified atom stereocenters. The average Bonchev–Trinajstić information content (AvgIpc) is 3.17. The van der Waals surface area contributed by atoms with Crippen molar-refractivity contribution in [3.05, 3.63) is 33.8 Å². The van der Waals surface area contributed by atoms with E-state index in [2.05, 4.69) is 0 Å². The van der Waals surface area contributed by atoms with Gasteiger partial charge in [0, 0.05) is 19.0 Å². The largest absolute Gasteiger partial charge is 0.393 e. The molecule has 0 spiro atoms. The van der Waals surface area contributed by atoms with Crippen LogP contribution in [0.1, 0.15) is 29.6 Å². The van der Waals surface area contributed by atoms with Crippen LogP contribution >= 0.6 is 35.4 Å². The Morgan fingerprint density at radius 1 is 1.42 bits per heavy atom. The molecule has 3 nitrogen and oxygen atoms in total. The SMILES string of the molecule is NC(=S)CCN(C(=O)c1cccc(Cl)c1Cl)C1CC1. The summed E-state index contributed by atoms with van der Waals surface area (Å²) in [6, 6.07) is 5.35. The zero-order chi connectivity index (χ0) is 14.0. The minimum absolute atomic E-state index is 0.105. The van der Waals surface area contributed by atoms with E-state index in [-0.39, 0.29) is 11.9 Å². The molecule has 6 heteroatoms. The molecule has 1 aliphatic carbocycles. The van der Waals surface area contributed by atoms with Gasteiger partial charge in [-0.3, -0.25) is 4.79 Å². The predicted octanol–water partition coefficient (Wildman–Crippen LogP) is 3.27. The maximum Gasteiger partial charge on any atom is 0.255 e. The molecule has 0 bridgehead atoms. The van der Waals surface area contributed by atoms with E-state index in [0.29, 0.717) is 33.6 Å². The molecule has 0 aliphatic heterocycles. The number of nitrogens with zero attached hydrogens (tertiary/aromatic N) is 1. The fraction of sp³-hybridized carbons (Fsp3) is 0.385. The van der Waals surface area contributed by atoms with Gasteiger partial charge in [-0.15, -0.1) is 0 Å². The molecule has 0 heterocycles. The first kappa shape index (κ1) is 14.6. The number of thiocarbonyl (C=S) groups is 1. The van der Waals surface area contributed by atoms with Gasteiger partial charge in [0.05, 0.1) is 20.6 Å². The van der Waals surface area contributed by atoms with Crippen LogP contribution in [0.4, 0.5) is 0 Å². The lowest BCUT2D eigenvalue weighted by atomic mass is 10.2. The summed E-state index contributed by atoms with van der Waals surface area (Å²) in [5.41, 5.74) is 5.93. The van der Waals surface area contributed by atoms with Crippen molar-refractivity contribution in [1.82, 2.24) is 4.90 Å². The second-order valence-electron chi connectivity index (χ2n) is 4.55. The summed E-state index contributed by atoms with van der Waals surface area (Å²) in [6.07, 6.45) is 2.55. The third-order valence-electron chi connectivity index (χ3n) is 3.03. The fourth-order valence-corrected chi connectivity index (χ4v) is 2.36. The maximum absolute atomic E-state index is 12.5. The second kappa shape index (κ2) is 6.07. The third kappa shape index (κ3) is 3.59. The van der Waals surface area contributed by atoms with Crippen LogP contribution in [0.15, 0.2) is 18.2 Å². The van der Waals surface area contributed by atoms with Crippen LogP contribution in [-0.4, -0.2) is 28.4 Å². The molecule has 0 radical (unpaired) electrons. The summed E-state index contributed by atoms with van der Waals surface area (Å²) >= 11 is 16.9. The molecule has 1 aromatic carbocycles. The minimum atomic E-state index is -0.105.